The summed E-state index contributed by atoms with van der Waals surface area (Å²) < 4.78 is 24.5. The van der Waals surface area contributed by atoms with Crippen LogP contribution in [-0.2, 0) is 4.74 Å². The first-order chi connectivity index (χ1) is 7.16. The van der Waals surface area contributed by atoms with Gasteiger partial charge in [0, 0.05) is 12.5 Å². The summed E-state index contributed by atoms with van der Waals surface area (Å²) in [5.74, 6) is 0.0992. The molecule has 1 aromatic rings. The third-order valence-corrected chi connectivity index (χ3v) is 3.06. The molecule has 1 aromatic carbocycles. The van der Waals surface area contributed by atoms with Crippen LogP contribution in [0, 0.1) is 9.39 Å². The van der Waals surface area contributed by atoms with E-state index in [1.807, 2.05) is 22.6 Å². The number of halogens is 2. The van der Waals surface area contributed by atoms with Gasteiger partial charge in [-0.1, -0.05) is 0 Å². The topological polar surface area (TPSA) is 44.5 Å². The SMILES string of the molecule is Nc1cc(I)c(F)cc1OC1CCOC1. The molecule has 1 aliphatic rings. The molecule has 0 amide bonds. The first-order valence-electron chi connectivity index (χ1n) is 4.66. The Bertz CT molecular complexity index is 367. The Hall–Kier alpha value is -0.560. The van der Waals surface area contributed by atoms with E-state index in [9.17, 15) is 4.39 Å². The molecule has 0 bridgehead atoms. The lowest BCUT2D eigenvalue weighted by atomic mass is 10.2. The molecule has 1 fully saturated rings. The summed E-state index contributed by atoms with van der Waals surface area (Å²) >= 11 is 1.90. The van der Waals surface area contributed by atoms with Crippen molar-refractivity contribution in [2.75, 3.05) is 18.9 Å². The summed E-state index contributed by atoms with van der Waals surface area (Å²) in [4.78, 5) is 0. The van der Waals surface area contributed by atoms with Gasteiger partial charge >= 0.3 is 0 Å². The molecule has 3 nitrogen and oxygen atoms in total. The van der Waals surface area contributed by atoms with Crippen LogP contribution in [0.4, 0.5) is 10.1 Å². The van der Waals surface area contributed by atoms with E-state index in [4.69, 9.17) is 15.2 Å². The highest BCUT2D eigenvalue weighted by Gasteiger charge is 2.19. The van der Waals surface area contributed by atoms with Crippen LogP contribution in [0.1, 0.15) is 6.42 Å². The van der Waals surface area contributed by atoms with Gasteiger partial charge in [0.05, 0.1) is 22.5 Å². The van der Waals surface area contributed by atoms with Crippen molar-refractivity contribution >= 4 is 28.3 Å². The zero-order chi connectivity index (χ0) is 10.8. The number of ether oxygens (including phenoxy) is 2. The average molecular weight is 323 g/mol. The molecule has 1 unspecified atom stereocenters. The largest absolute Gasteiger partial charge is 0.486 e. The summed E-state index contributed by atoms with van der Waals surface area (Å²) in [5, 5.41) is 0. The van der Waals surface area contributed by atoms with Gasteiger partial charge in [-0.3, -0.25) is 0 Å². The molecule has 5 heteroatoms. The Morgan fingerprint density at radius 2 is 2.33 bits per heavy atom. The molecule has 82 valence electrons. The minimum Gasteiger partial charge on any atom is -0.486 e. The van der Waals surface area contributed by atoms with E-state index in [-0.39, 0.29) is 11.9 Å². The standard InChI is InChI=1S/C10H11FINO2/c11-7-3-10(9(13)4-8(7)12)15-6-1-2-14-5-6/h3-4,6H,1-2,5,13H2. The highest BCUT2D eigenvalue weighted by atomic mass is 127. The number of nitrogens with two attached hydrogens (primary N) is 1. The fraction of sp³-hybridized carbons (Fsp3) is 0.400. The third-order valence-electron chi connectivity index (χ3n) is 2.23. The van der Waals surface area contributed by atoms with Crippen LogP contribution >= 0.6 is 22.6 Å². The Kier molecular flexibility index (Phi) is 3.30. The molecule has 2 rings (SSSR count). The lowest BCUT2D eigenvalue weighted by Gasteiger charge is -2.14. The molecule has 0 aromatic heterocycles. The van der Waals surface area contributed by atoms with E-state index < -0.39 is 0 Å². The van der Waals surface area contributed by atoms with Gasteiger partial charge < -0.3 is 15.2 Å². The number of anilines is 1. The predicted molar refractivity (Wildman–Crippen MR) is 63.4 cm³/mol. The monoisotopic (exact) mass is 323 g/mol. The third kappa shape index (κ3) is 2.52. The van der Waals surface area contributed by atoms with Crippen molar-refractivity contribution in [3.63, 3.8) is 0 Å². The normalized spacial score (nSPS) is 20.5. The van der Waals surface area contributed by atoms with Gasteiger partial charge in [-0.2, -0.15) is 0 Å². The van der Waals surface area contributed by atoms with Gasteiger partial charge in [0.2, 0.25) is 0 Å². The summed E-state index contributed by atoms with van der Waals surface area (Å²) in [6.07, 6.45) is 0.819. The van der Waals surface area contributed by atoms with E-state index in [1.165, 1.54) is 6.07 Å². The quantitative estimate of drug-likeness (QED) is 0.670. The smallest absolute Gasteiger partial charge is 0.145 e. The Balaban J connectivity index is 2.16. The molecule has 1 saturated heterocycles. The fourth-order valence-electron chi connectivity index (χ4n) is 1.43. The molecule has 15 heavy (non-hydrogen) atoms. The van der Waals surface area contributed by atoms with Crippen molar-refractivity contribution in [1.82, 2.24) is 0 Å². The van der Waals surface area contributed by atoms with Crippen molar-refractivity contribution in [2.24, 2.45) is 0 Å². The maximum atomic E-state index is 13.3. The molecule has 0 radical (unpaired) electrons. The molecule has 1 heterocycles. The number of rotatable bonds is 2. The highest BCUT2D eigenvalue weighted by Crippen LogP contribution is 2.28. The van der Waals surface area contributed by atoms with Gasteiger partial charge in [-0.05, 0) is 28.7 Å². The van der Waals surface area contributed by atoms with Crippen LogP contribution in [0.15, 0.2) is 12.1 Å². The van der Waals surface area contributed by atoms with E-state index in [0.29, 0.717) is 28.2 Å². The zero-order valence-electron chi connectivity index (χ0n) is 8.00. The van der Waals surface area contributed by atoms with Crippen molar-refractivity contribution in [3.8, 4) is 5.75 Å². The fourth-order valence-corrected chi connectivity index (χ4v) is 1.92. The predicted octanol–water partition coefficient (Wildman–Crippen LogP) is 2.18. The van der Waals surface area contributed by atoms with Gasteiger partial charge in [-0.25, -0.2) is 4.39 Å². The number of hydrogen-bond donors (Lipinski definition) is 1. The first-order valence-corrected chi connectivity index (χ1v) is 5.73. The molecule has 0 spiro atoms. The Morgan fingerprint density at radius 1 is 1.53 bits per heavy atom. The van der Waals surface area contributed by atoms with Crippen LogP contribution in [-0.4, -0.2) is 19.3 Å². The van der Waals surface area contributed by atoms with Crippen LogP contribution in [0.5, 0.6) is 5.75 Å². The van der Waals surface area contributed by atoms with Crippen LogP contribution in [0.2, 0.25) is 0 Å². The van der Waals surface area contributed by atoms with Crippen molar-refractivity contribution in [1.29, 1.82) is 0 Å². The molecular formula is C10H11FINO2. The summed E-state index contributed by atoms with van der Waals surface area (Å²) in [6, 6.07) is 2.90. The Labute approximate surface area is 101 Å². The first kappa shape index (κ1) is 10.9. The van der Waals surface area contributed by atoms with E-state index >= 15 is 0 Å². The molecule has 1 atom stereocenters. The number of hydrogen-bond acceptors (Lipinski definition) is 3. The summed E-state index contributed by atoms with van der Waals surface area (Å²) in [6.45, 7) is 1.24. The van der Waals surface area contributed by atoms with E-state index in [0.717, 1.165) is 6.42 Å². The molecule has 2 N–H and O–H groups in total. The highest BCUT2D eigenvalue weighted by molar-refractivity contribution is 14.1. The van der Waals surface area contributed by atoms with Crippen LogP contribution < -0.4 is 10.5 Å². The zero-order valence-corrected chi connectivity index (χ0v) is 10.2. The summed E-state index contributed by atoms with van der Waals surface area (Å²) in [7, 11) is 0. The number of benzene rings is 1. The maximum Gasteiger partial charge on any atom is 0.145 e. The molecule has 0 saturated carbocycles. The Morgan fingerprint density at radius 3 is 3.00 bits per heavy atom. The minimum atomic E-state index is -0.307. The van der Waals surface area contributed by atoms with Gasteiger partial charge in [0.1, 0.15) is 17.7 Å². The van der Waals surface area contributed by atoms with E-state index in [1.54, 1.807) is 6.07 Å². The van der Waals surface area contributed by atoms with Crippen molar-refractivity contribution in [2.45, 2.75) is 12.5 Å². The second-order valence-corrected chi connectivity index (χ2v) is 4.57. The van der Waals surface area contributed by atoms with Crippen molar-refractivity contribution < 1.29 is 13.9 Å². The van der Waals surface area contributed by atoms with Gasteiger partial charge in [0.25, 0.3) is 0 Å². The second kappa shape index (κ2) is 4.52. The van der Waals surface area contributed by atoms with Crippen molar-refractivity contribution in [3.05, 3.63) is 21.5 Å². The summed E-state index contributed by atoms with van der Waals surface area (Å²) in [5.41, 5.74) is 6.20. The van der Waals surface area contributed by atoms with Crippen LogP contribution in [0.25, 0.3) is 0 Å². The second-order valence-electron chi connectivity index (χ2n) is 3.41. The molecule has 0 aliphatic carbocycles. The molecule has 1 aliphatic heterocycles. The average Bonchev–Trinajstić information content (AvgIpc) is 2.67. The van der Waals surface area contributed by atoms with Gasteiger partial charge in [0.15, 0.2) is 0 Å². The lowest BCUT2D eigenvalue weighted by Crippen LogP contribution is -2.16. The minimum absolute atomic E-state index is 0.00763. The van der Waals surface area contributed by atoms with E-state index in [2.05, 4.69) is 0 Å². The number of nitrogen functional groups attached to an aromatic ring is 1. The maximum absolute atomic E-state index is 13.3. The lowest BCUT2D eigenvalue weighted by molar-refractivity contribution is 0.141. The van der Waals surface area contributed by atoms with Crippen LogP contribution in [0.3, 0.4) is 0 Å². The van der Waals surface area contributed by atoms with Gasteiger partial charge in [-0.15, -0.1) is 0 Å². The molecular weight excluding hydrogens is 312 g/mol.